The number of hydrogen-bond donors (Lipinski definition) is 2. The van der Waals surface area contributed by atoms with Gasteiger partial charge in [0.2, 0.25) is 0 Å². The van der Waals surface area contributed by atoms with E-state index in [1.807, 2.05) is 18.3 Å². The standard InChI is InChI=1S/C26H34N4O3S/c1-18-14-21(20(18)9-12-27-17-24(31)30-23-16-28-19(2)15-29-23)33-25(32)26(22-8-7-13-34-22)10-5-3-4-6-11-26/h7-8,13,15-16,20-21,27H,1,3-6,9-12,14,17H2,2H3,(H,29,30,31)/p+1. The Labute approximate surface area is 205 Å². The van der Waals surface area contributed by atoms with Crippen molar-refractivity contribution in [2.24, 2.45) is 5.92 Å². The number of esters is 1. The van der Waals surface area contributed by atoms with Crippen molar-refractivity contribution in [3.8, 4) is 0 Å². The Morgan fingerprint density at radius 1 is 1.24 bits per heavy atom. The van der Waals surface area contributed by atoms with Crippen LogP contribution in [0.3, 0.4) is 0 Å². The van der Waals surface area contributed by atoms with Crippen LogP contribution in [-0.2, 0) is 19.7 Å². The van der Waals surface area contributed by atoms with E-state index < -0.39 is 5.41 Å². The first-order chi connectivity index (χ1) is 16.5. The van der Waals surface area contributed by atoms with Crippen LogP contribution in [0.5, 0.6) is 0 Å². The summed E-state index contributed by atoms with van der Waals surface area (Å²) in [5.41, 5.74) is 1.45. The zero-order valence-electron chi connectivity index (χ0n) is 19.9. The van der Waals surface area contributed by atoms with Crippen LogP contribution in [-0.4, -0.2) is 41.0 Å². The molecule has 4 rings (SSSR count). The minimum atomic E-state index is -0.491. The second-order valence-corrected chi connectivity index (χ2v) is 10.5. The molecule has 34 heavy (non-hydrogen) atoms. The maximum Gasteiger partial charge on any atom is 0.317 e. The zero-order valence-corrected chi connectivity index (χ0v) is 20.7. The third-order valence-electron chi connectivity index (χ3n) is 7.10. The van der Waals surface area contributed by atoms with Gasteiger partial charge in [-0.15, -0.1) is 11.3 Å². The number of thiophene rings is 1. The number of carbonyl (C=O) groups is 2. The molecule has 0 aromatic carbocycles. The molecule has 2 aliphatic carbocycles. The minimum Gasteiger partial charge on any atom is -0.461 e. The van der Waals surface area contributed by atoms with Gasteiger partial charge in [0.15, 0.2) is 12.4 Å². The van der Waals surface area contributed by atoms with Gasteiger partial charge >= 0.3 is 5.97 Å². The van der Waals surface area contributed by atoms with Gasteiger partial charge in [0, 0.05) is 23.6 Å². The SMILES string of the molecule is C=C1CC(OC(=O)C2(c3cccs3)CCCCCC2)C1CC[NH2+]CC(=O)Nc1cnc(C)cn1. The Hall–Kier alpha value is -2.58. The van der Waals surface area contributed by atoms with Crippen LogP contribution in [0.25, 0.3) is 0 Å². The fourth-order valence-corrected chi connectivity index (χ4v) is 6.01. The number of rotatable bonds is 9. The molecule has 8 heteroatoms. The lowest BCUT2D eigenvalue weighted by Gasteiger charge is -2.40. The van der Waals surface area contributed by atoms with Crippen molar-refractivity contribution < 1.29 is 19.6 Å². The molecule has 2 unspecified atom stereocenters. The monoisotopic (exact) mass is 483 g/mol. The van der Waals surface area contributed by atoms with E-state index in [0.717, 1.165) is 61.2 Å². The van der Waals surface area contributed by atoms with Crippen LogP contribution in [0.15, 0.2) is 42.1 Å². The van der Waals surface area contributed by atoms with Crippen LogP contribution in [0.4, 0.5) is 5.82 Å². The van der Waals surface area contributed by atoms with Crippen molar-refractivity contribution in [3.63, 3.8) is 0 Å². The molecule has 2 aromatic heterocycles. The van der Waals surface area contributed by atoms with Gasteiger partial charge in [-0.1, -0.05) is 43.9 Å². The highest BCUT2D eigenvalue weighted by molar-refractivity contribution is 7.10. The van der Waals surface area contributed by atoms with E-state index in [9.17, 15) is 9.59 Å². The molecule has 0 aliphatic heterocycles. The first-order valence-corrected chi connectivity index (χ1v) is 13.2. The van der Waals surface area contributed by atoms with Crippen molar-refractivity contribution in [2.45, 2.75) is 69.8 Å². The molecular formula is C26H35N4O3S+. The van der Waals surface area contributed by atoms with Gasteiger partial charge in [0.05, 0.1) is 24.6 Å². The molecule has 2 saturated carbocycles. The third-order valence-corrected chi connectivity index (χ3v) is 8.17. The zero-order chi connectivity index (χ0) is 24.0. The number of nitrogens with one attached hydrogen (secondary N) is 1. The van der Waals surface area contributed by atoms with E-state index >= 15 is 0 Å². The van der Waals surface area contributed by atoms with Crippen LogP contribution in [0, 0.1) is 12.8 Å². The van der Waals surface area contributed by atoms with Crippen LogP contribution in [0.2, 0.25) is 0 Å². The van der Waals surface area contributed by atoms with Gasteiger partial charge in [-0.25, -0.2) is 4.98 Å². The summed E-state index contributed by atoms with van der Waals surface area (Å²) >= 11 is 1.67. The van der Waals surface area contributed by atoms with Crippen molar-refractivity contribution in [1.82, 2.24) is 9.97 Å². The van der Waals surface area contributed by atoms with Crippen molar-refractivity contribution in [1.29, 1.82) is 0 Å². The molecule has 0 saturated heterocycles. The lowest BCUT2D eigenvalue weighted by atomic mass is 9.74. The Morgan fingerprint density at radius 2 is 2.03 bits per heavy atom. The number of anilines is 1. The van der Waals surface area contributed by atoms with Crippen molar-refractivity contribution >= 4 is 29.0 Å². The number of amides is 1. The van der Waals surface area contributed by atoms with E-state index in [1.54, 1.807) is 23.7 Å². The summed E-state index contributed by atoms with van der Waals surface area (Å²) in [4.78, 5) is 35.1. The first-order valence-electron chi connectivity index (χ1n) is 12.3. The molecule has 0 spiro atoms. The number of nitrogens with two attached hydrogens (primary N) is 1. The van der Waals surface area contributed by atoms with E-state index in [4.69, 9.17) is 4.74 Å². The predicted molar refractivity (Wildman–Crippen MR) is 133 cm³/mol. The lowest BCUT2D eigenvalue weighted by Crippen LogP contribution is -2.86. The highest BCUT2D eigenvalue weighted by atomic mass is 32.1. The number of carbonyl (C=O) groups excluding carboxylic acids is 2. The fourth-order valence-electron chi connectivity index (χ4n) is 5.03. The van der Waals surface area contributed by atoms with Crippen LogP contribution >= 0.6 is 11.3 Å². The summed E-state index contributed by atoms with van der Waals surface area (Å²) in [7, 11) is 0. The van der Waals surface area contributed by atoms with Crippen molar-refractivity contribution in [2.75, 3.05) is 18.4 Å². The second kappa shape index (κ2) is 11.2. The van der Waals surface area contributed by atoms with Gasteiger partial charge in [-0.05, 0) is 31.2 Å². The van der Waals surface area contributed by atoms with Gasteiger partial charge in [-0.2, -0.15) is 0 Å². The van der Waals surface area contributed by atoms with Gasteiger partial charge < -0.3 is 15.4 Å². The number of nitrogens with zero attached hydrogens (tertiary/aromatic N) is 2. The number of ether oxygens (including phenoxy) is 1. The molecule has 7 nitrogen and oxygen atoms in total. The maximum atomic E-state index is 13.5. The van der Waals surface area contributed by atoms with Gasteiger partial charge in [0.25, 0.3) is 5.91 Å². The smallest absolute Gasteiger partial charge is 0.317 e. The molecular weight excluding hydrogens is 448 g/mol. The molecule has 2 atom stereocenters. The molecule has 0 radical (unpaired) electrons. The quantitative estimate of drug-likeness (QED) is 0.246. The first kappa shape index (κ1) is 24.5. The Kier molecular flexibility index (Phi) is 8.11. The van der Waals surface area contributed by atoms with E-state index in [-0.39, 0.29) is 23.9 Å². The minimum absolute atomic E-state index is 0.0538. The maximum absolute atomic E-state index is 13.5. The number of hydrogen-bond acceptors (Lipinski definition) is 6. The second-order valence-electron chi connectivity index (χ2n) is 9.55. The molecule has 2 aromatic rings. The molecule has 2 heterocycles. The largest absolute Gasteiger partial charge is 0.461 e. The lowest BCUT2D eigenvalue weighted by molar-refractivity contribution is -0.644. The summed E-state index contributed by atoms with van der Waals surface area (Å²) in [6.45, 7) is 7.10. The fraction of sp³-hybridized carbons (Fsp3) is 0.538. The number of aromatic nitrogens is 2. The highest BCUT2D eigenvalue weighted by Crippen LogP contribution is 2.44. The van der Waals surface area contributed by atoms with E-state index in [1.165, 1.54) is 12.8 Å². The summed E-state index contributed by atoms with van der Waals surface area (Å²) in [5.74, 6) is 0.459. The van der Waals surface area contributed by atoms with Gasteiger partial charge in [0.1, 0.15) is 11.5 Å². The molecule has 182 valence electrons. The molecule has 1 amide bonds. The summed E-state index contributed by atoms with van der Waals surface area (Å²) in [6.07, 6.45) is 10.9. The van der Waals surface area contributed by atoms with Crippen LogP contribution in [0.1, 0.15) is 61.9 Å². The Bertz CT molecular complexity index is 982. The van der Waals surface area contributed by atoms with E-state index in [0.29, 0.717) is 12.4 Å². The average molecular weight is 484 g/mol. The number of aryl methyl sites for hydroxylation is 1. The van der Waals surface area contributed by atoms with Crippen molar-refractivity contribution in [3.05, 3.63) is 52.6 Å². The number of quaternary nitrogens is 1. The molecule has 2 fully saturated rings. The summed E-state index contributed by atoms with van der Waals surface area (Å²) < 4.78 is 6.16. The normalized spacial score (nSPS) is 21.9. The van der Waals surface area contributed by atoms with Crippen LogP contribution < -0.4 is 10.6 Å². The van der Waals surface area contributed by atoms with E-state index in [2.05, 4.69) is 33.3 Å². The molecule has 0 bridgehead atoms. The highest BCUT2D eigenvalue weighted by Gasteiger charge is 2.46. The predicted octanol–water partition coefficient (Wildman–Crippen LogP) is 3.52. The average Bonchev–Trinajstić information content (AvgIpc) is 3.25. The van der Waals surface area contributed by atoms with Gasteiger partial charge in [-0.3, -0.25) is 14.6 Å². The Morgan fingerprint density at radius 3 is 2.68 bits per heavy atom. The summed E-state index contributed by atoms with van der Waals surface area (Å²) in [6, 6.07) is 4.13. The topological polar surface area (TPSA) is 97.8 Å². The molecule has 2 aliphatic rings. The third kappa shape index (κ3) is 5.73. The Balaban J connectivity index is 1.26. The summed E-state index contributed by atoms with van der Waals surface area (Å²) in [5, 5.41) is 6.79. The molecule has 3 N–H and O–H groups in total.